The highest BCUT2D eigenvalue weighted by atomic mass is 16.1. The van der Waals surface area contributed by atoms with Crippen molar-refractivity contribution in [3.8, 4) is 0 Å². The van der Waals surface area contributed by atoms with Gasteiger partial charge in [-0.3, -0.25) is 4.79 Å². The minimum absolute atomic E-state index is 0.975. The third-order valence-electron chi connectivity index (χ3n) is 1.81. The molecular formula is C9H12O. The number of hydrogen-bond donors (Lipinski definition) is 0. The van der Waals surface area contributed by atoms with E-state index in [0.29, 0.717) is 0 Å². The van der Waals surface area contributed by atoms with Crippen molar-refractivity contribution in [1.82, 2.24) is 0 Å². The lowest BCUT2D eigenvalue weighted by molar-refractivity contribution is -0.105. The lowest BCUT2D eigenvalue weighted by Gasteiger charge is -1.90. The van der Waals surface area contributed by atoms with E-state index in [1.165, 1.54) is 5.57 Å². The van der Waals surface area contributed by atoms with Crippen molar-refractivity contribution >= 4 is 6.29 Å². The molecule has 1 heteroatoms. The van der Waals surface area contributed by atoms with Crippen molar-refractivity contribution in [3.05, 3.63) is 23.3 Å². The predicted molar refractivity (Wildman–Crippen MR) is 41.8 cm³/mol. The Morgan fingerprint density at radius 2 is 2.00 bits per heavy atom. The maximum atomic E-state index is 10.4. The molecule has 0 spiro atoms. The van der Waals surface area contributed by atoms with E-state index in [0.717, 1.165) is 31.1 Å². The van der Waals surface area contributed by atoms with E-state index in [1.807, 2.05) is 19.1 Å². The summed E-state index contributed by atoms with van der Waals surface area (Å²) in [6, 6.07) is 0. The van der Waals surface area contributed by atoms with Gasteiger partial charge in [0.15, 0.2) is 0 Å². The minimum Gasteiger partial charge on any atom is -0.298 e. The molecule has 54 valence electrons. The quantitative estimate of drug-likeness (QED) is 0.532. The Kier molecular flexibility index (Phi) is 2.43. The predicted octanol–water partition coefficient (Wildman–Crippen LogP) is 2.24. The second-order valence-electron chi connectivity index (χ2n) is 2.52. The number of carbonyl (C=O) groups excluding carboxylic acids is 1. The Morgan fingerprint density at radius 1 is 1.30 bits per heavy atom. The van der Waals surface area contributed by atoms with Crippen LogP contribution in [0.2, 0.25) is 0 Å². The zero-order chi connectivity index (χ0) is 7.40. The topological polar surface area (TPSA) is 17.1 Å². The number of aldehydes is 1. The van der Waals surface area contributed by atoms with E-state index < -0.39 is 0 Å². The average Bonchev–Trinajstić information content (AvgIpc) is 2.36. The smallest absolute Gasteiger partial charge is 0.146 e. The van der Waals surface area contributed by atoms with Gasteiger partial charge in [-0.15, -0.1) is 0 Å². The number of allylic oxidation sites excluding steroid dienone is 4. The summed E-state index contributed by atoms with van der Waals surface area (Å²) < 4.78 is 0. The van der Waals surface area contributed by atoms with Gasteiger partial charge in [-0.1, -0.05) is 12.2 Å². The highest BCUT2D eigenvalue weighted by Crippen LogP contribution is 2.24. The van der Waals surface area contributed by atoms with Crippen molar-refractivity contribution in [1.29, 1.82) is 0 Å². The van der Waals surface area contributed by atoms with Crippen LogP contribution in [0.25, 0.3) is 0 Å². The fourth-order valence-corrected chi connectivity index (χ4v) is 1.32. The minimum atomic E-state index is 0.975. The van der Waals surface area contributed by atoms with Gasteiger partial charge in [-0.25, -0.2) is 0 Å². The van der Waals surface area contributed by atoms with Crippen molar-refractivity contribution in [2.24, 2.45) is 0 Å². The molecule has 1 aliphatic rings. The van der Waals surface area contributed by atoms with Crippen molar-refractivity contribution in [2.45, 2.75) is 26.2 Å². The van der Waals surface area contributed by atoms with Crippen molar-refractivity contribution in [3.63, 3.8) is 0 Å². The van der Waals surface area contributed by atoms with Crippen molar-refractivity contribution in [2.75, 3.05) is 0 Å². The van der Waals surface area contributed by atoms with Gasteiger partial charge in [-0.05, 0) is 37.3 Å². The van der Waals surface area contributed by atoms with Gasteiger partial charge in [0, 0.05) is 0 Å². The third-order valence-corrected chi connectivity index (χ3v) is 1.81. The Hall–Kier alpha value is -0.850. The lowest BCUT2D eigenvalue weighted by atomic mass is 10.1. The molecule has 0 saturated heterocycles. The molecule has 0 fully saturated rings. The second-order valence-corrected chi connectivity index (χ2v) is 2.52. The highest BCUT2D eigenvalue weighted by molar-refractivity contribution is 5.76. The maximum absolute atomic E-state index is 10.4. The third kappa shape index (κ3) is 1.35. The fraction of sp³-hybridized carbons (Fsp3) is 0.444. The second kappa shape index (κ2) is 3.35. The van der Waals surface area contributed by atoms with Crippen LogP contribution in [0.1, 0.15) is 26.2 Å². The van der Waals surface area contributed by atoms with Gasteiger partial charge in [0.1, 0.15) is 6.29 Å². The summed E-state index contributed by atoms with van der Waals surface area (Å²) in [5.41, 5.74) is 2.23. The first-order chi connectivity index (χ1) is 4.88. The number of hydrogen-bond acceptors (Lipinski definition) is 1. The van der Waals surface area contributed by atoms with Gasteiger partial charge in [0.05, 0.1) is 0 Å². The average molecular weight is 136 g/mol. The molecule has 0 saturated carbocycles. The summed E-state index contributed by atoms with van der Waals surface area (Å²) in [5, 5.41) is 0. The Balaban J connectivity index is 2.77. The van der Waals surface area contributed by atoms with Gasteiger partial charge in [0.25, 0.3) is 0 Å². The van der Waals surface area contributed by atoms with Gasteiger partial charge >= 0.3 is 0 Å². The maximum Gasteiger partial charge on any atom is 0.146 e. The molecule has 0 radical (unpaired) electrons. The molecule has 0 atom stereocenters. The summed E-state index contributed by atoms with van der Waals surface area (Å²) >= 11 is 0. The molecular weight excluding hydrogens is 124 g/mol. The summed E-state index contributed by atoms with van der Waals surface area (Å²) in [6.07, 6.45) is 8.22. The molecule has 0 aliphatic heterocycles. The fourth-order valence-electron chi connectivity index (χ4n) is 1.32. The van der Waals surface area contributed by atoms with Crippen LogP contribution in [0.5, 0.6) is 0 Å². The Bertz CT molecular complexity index is 187. The normalized spacial score (nSPS) is 18.9. The van der Waals surface area contributed by atoms with E-state index in [9.17, 15) is 4.79 Å². The molecule has 0 N–H and O–H groups in total. The summed E-state index contributed by atoms with van der Waals surface area (Å²) in [6.45, 7) is 1.98. The summed E-state index contributed by atoms with van der Waals surface area (Å²) in [4.78, 5) is 10.4. The molecule has 0 aromatic carbocycles. The zero-order valence-electron chi connectivity index (χ0n) is 6.26. The van der Waals surface area contributed by atoms with Crippen LogP contribution < -0.4 is 0 Å². The lowest BCUT2D eigenvalue weighted by Crippen LogP contribution is -1.80. The standard InChI is InChI=1S/C9H12O/c1-2-4-8-5-3-6-9(8)7-10/h2,4,7H,3,5-6H2,1H3/b4-2+. The molecule has 0 bridgehead atoms. The van der Waals surface area contributed by atoms with E-state index in [2.05, 4.69) is 0 Å². The van der Waals surface area contributed by atoms with Gasteiger partial charge < -0.3 is 0 Å². The van der Waals surface area contributed by atoms with Crippen LogP contribution >= 0.6 is 0 Å². The van der Waals surface area contributed by atoms with Gasteiger partial charge in [-0.2, -0.15) is 0 Å². The number of carbonyl (C=O) groups is 1. The molecule has 10 heavy (non-hydrogen) atoms. The zero-order valence-corrected chi connectivity index (χ0v) is 6.26. The molecule has 0 amide bonds. The van der Waals surface area contributed by atoms with Crippen LogP contribution in [-0.4, -0.2) is 6.29 Å². The monoisotopic (exact) mass is 136 g/mol. The Morgan fingerprint density at radius 3 is 2.60 bits per heavy atom. The van der Waals surface area contributed by atoms with E-state index >= 15 is 0 Å². The van der Waals surface area contributed by atoms with Crippen LogP contribution in [0.4, 0.5) is 0 Å². The van der Waals surface area contributed by atoms with E-state index in [4.69, 9.17) is 0 Å². The highest BCUT2D eigenvalue weighted by Gasteiger charge is 2.09. The summed E-state index contributed by atoms with van der Waals surface area (Å²) in [7, 11) is 0. The van der Waals surface area contributed by atoms with Crippen LogP contribution in [0, 0.1) is 0 Å². The first-order valence-electron chi connectivity index (χ1n) is 3.68. The molecule has 1 rings (SSSR count). The van der Waals surface area contributed by atoms with Crippen LogP contribution in [-0.2, 0) is 4.79 Å². The van der Waals surface area contributed by atoms with Crippen molar-refractivity contribution < 1.29 is 4.79 Å². The molecule has 0 aromatic heterocycles. The first-order valence-corrected chi connectivity index (χ1v) is 3.68. The van der Waals surface area contributed by atoms with Crippen LogP contribution in [0.15, 0.2) is 23.3 Å². The SMILES string of the molecule is C/C=C/C1=C(C=O)CCC1. The van der Waals surface area contributed by atoms with E-state index in [-0.39, 0.29) is 0 Å². The Labute approximate surface area is 61.4 Å². The first kappa shape index (κ1) is 7.26. The summed E-state index contributed by atoms with van der Waals surface area (Å²) in [5.74, 6) is 0. The molecule has 0 aromatic rings. The van der Waals surface area contributed by atoms with Crippen LogP contribution in [0.3, 0.4) is 0 Å². The molecule has 1 nitrogen and oxygen atoms in total. The largest absolute Gasteiger partial charge is 0.298 e. The number of rotatable bonds is 2. The molecule has 1 aliphatic carbocycles. The van der Waals surface area contributed by atoms with E-state index in [1.54, 1.807) is 0 Å². The molecule has 0 unspecified atom stereocenters. The molecule has 0 heterocycles. The van der Waals surface area contributed by atoms with Gasteiger partial charge in [0.2, 0.25) is 0 Å².